The van der Waals surface area contributed by atoms with E-state index in [1.165, 1.54) is 24.6 Å². The van der Waals surface area contributed by atoms with Crippen LogP contribution < -0.4 is 14.8 Å². The second-order valence-electron chi connectivity index (χ2n) is 6.84. The number of methoxy groups -OCH3 is 2. The Bertz CT molecular complexity index is 769. The summed E-state index contributed by atoms with van der Waals surface area (Å²) in [6.07, 6.45) is 4.35. The van der Waals surface area contributed by atoms with Crippen molar-refractivity contribution in [2.45, 2.75) is 36.6 Å². The number of carbonyl (C=O) groups excluding carboxylic acids is 1. The highest BCUT2D eigenvalue weighted by Gasteiger charge is 2.33. The standard InChI is InChI=1S/C18H27N3O5S/c1-25-15-7-8-16(26-2)17(13-15)27(23,24)21-11-9-20(10-12-21)18(22)19-14-5-3-4-6-14/h7-8,13-14H,3-6,9-12H2,1-2H3,(H,19,22). The van der Waals surface area contributed by atoms with Gasteiger partial charge in [0.05, 0.1) is 14.2 Å². The SMILES string of the molecule is COc1ccc(OC)c(S(=O)(=O)N2CCN(C(=O)NC3CCCC3)CC2)c1. The van der Waals surface area contributed by atoms with E-state index in [0.29, 0.717) is 18.8 Å². The Kier molecular flexibility index (Phi) is 6.11. The zero-order valence-corrected chi connectivity index (χ0v) is 16.6. The summed E-state index contributed by atoms with van der Waals surface area (Å²) >= 11 is 0. The lowest BCUT2D eigenvalue weighted by Gasteiger charge is -2.34. The van der Waals surface area contributed by atoms with Gasteiger partial charge in [-0.25, -0.2) is 13.2 Å². The molecule has 0 spiro atoms. The summed E-state index contributed by atoms with van der Waals surface area (Å²) in [5, 5.41) is 3.05. The second-order valence-corrected chi connectivity index (χ2v) is 8.75. The molecule has 1 N–H and O–H groups in total. The highest BCUT2D eigenvalue weighted by atomic mass is 32.2. The minimum absolute atomic E-state index is 0.0770. The fourth-order valence-corrected chi connectivity index (χ4v) is 5.19. The summed E-state index contributed by atoms with van der Waals surface area (Å²) < 4.78 is 37.9. The highest BCUT2D eigenvalue weighted by molar-refractivity contribution is 7.89. The molecule has 1 aromatic carbocycles. The monoisotopic (exact) mass is 397 g/mol. The quantitative estimate of drug-likeness (QED) is 0.816. The van der Waals surface area contributed by atoms with Gasteiger partial charge in [-0.3, -0.25) is 0 Å². The van der Waals surface area contributed by atoms with Crippen LogP contribution in [-0.4, -0.2) is 70.1 Å². The first-order valence-corrected chi connectivity index (χ1v) is 10.7. The van der Waals surface area contributed by atoms with Crippen LogP contribution in [-0.2, 0) is 10.0 Å². The van der Waals surface area contributed by atoms with E-state index >= 15 is 0 Å². The largest absolute Gasteiger partial charge is 0.497 e. The third-order valence-electron chi connectivity index (χ3n) is 5.20. The van der Waals surface area contributed by atoms with E-state index in [-0.39, 0.29) is 35.8 Å². The van der Waals surface area contributed by atoms with Crippen LogP contribution in [0.25, 0.3) is 0 Å². The Morgan fingerprint density at radius 3 is 2.33 bits per heavy atom. The van der Waals surface area contributed by atoms with Crippen LogP contribution in [0.2, 0.25) is 0 Å². The van der Waals surface area contributed by atoms with Gasteiger partial charge in [0.25, 0.3) is 0 Å². The van der Waals surface area contributed by atoms with Gasteiger partial charge in [0.15, 0.2) is 0 Å². The fraction of sp³-hybridized carbons (Fsp3) is 0.611. The zero-order valence-electron chi connectivity index (χ0n) is 15.8. The van der Waals surface area contributed by atoms with Crippen LogP contribution in [0.15, 0.2) is 23.1 Å². The van der Waals surface area contributed by atoms with Crippen LogP contribution in [0.3, 0.4) is 0 Å². The topological polar surface area (TPSA) is 88.2 Å². The van der Waals surface area contributed by atoms with Crippen molar-refractivity contribution in [1.29, 1.82) is 0 Å². The Labute approximate surface area is 160 Å². The van der Waals surface area contributed by atoms with Crippen LogP contribution in [0.1, 0.15) is 25.7 Å². The van der Waals surface area contributed by atoms with Gasteiger partial charge in [0.2, 0.25) is 10.0 Å². The van der Waals surface area contributed by atoms with E-state index in [9.17, 15) is 13.2 Å². The normalized spacial score (nSPS) is 19.1. The lowest BCUT2D eigenvalue weighted by atomic mass is 10.2. The molecular formula is C18H27N3O5S. The Morgan fingerprint density at radius 2 is 1.74 bits per heavy atom. The Balaban J connectivity index is 1.67. The van der Waals surface area contributed by atoms with Crippen molar-refractivity contribution in [2.24, 2.45) is 0 Å². The number of ether oxygens (including phenoxy) is 2. The van der Waals surface area contributed by atoms with E-state index in [1.54, 1.807) is 17.0 Å². The molecule has 1 aromatic rings. The molecule has 2 amide bonds. The number of benzene rings is 1. The van der Waals surface area contributed by atoms with Gasteiger partial charge in [0.1, 0.15) is 16.4 Å². The van der Waals surface area contributed by atoms with Crippen molar-refractivity contribution < 1.29 is 22.7 Å². The highest BCUT2D eigenvalue weighted by Crippen LogP contribution is 2.31. The number of nitrogens with one attached hydrogen (secondary N) is 1. The lowest BCUT2D eigenvalue weighted by Crippen LogP contribution is -2.54. The third kappa shape index (κ3) is 4.30. The molecule has 1 saturated carbocycles. The van der Waals surface area contributed by atoms with Crippen LogP contribution >= 0.6 is 0 Å². The summed E-state index contributed by atoms with van der Waals surface area (Å²) in [5.74, 6) is 0.723. The number of hydrogen-bond donors (Lipinski definition) is 1. The molecule has 1 aliphatic carbocycles. The minimum atomic E-state index is -3.74. The van der Waals surface area contributed by atoms with Gasteiger partial charge >= 0.3 is 6.03 Å². The molecule has 1 aliphatic heterocycles. The van der Waals surface area contributed by atoms with E-state index in [1.807, 2.05) is 0 Å². The average Bonchev–Trinajstić information content (AvgIpc) is 3.20. The molecule has 27 heavy (non-hydrogen) atoms. The van der Waals surface area contributed by atoms with Gasteiger partial charge < -0.3 is 19.7 Å². The van der Waals surface area contributed by atoms with Crippen LogP contribution in [0.4, 0.5) is 4.79 Å². The molecular weight excluding hydrogens is 370 g/mol. The maximum Gasteiger partial charge on any atom is 0.317 e. The third-order valence-corrected chi connectivity index (χ3v) is 7.12. The molecule has 150 valence electrons. The molecule has 0 radical (unpaired) electrons. The van der Waals surface area contributed by atoms with Crippen molar-refractivity contribution in [1.82, 2.24) is 14.5 Å². The number of nitrogens with zero attached hydrogens (tertiary/aromatic N) is 2. The number of amides is 2. The first-order valence-electron chi connectivity index (χ1n) is 9.23. The van der Waals surface area contributed by atoms with Gasteiger partial charge in [-0.15, -0.1) is 0 Å². The van der Waals surface area contributed by atoms with Crippen molar-refractivity contribution in [3.63, 3.8) is 0 Å². The number of carbonyl (C=O) groups is 1. The Morgan fingerprint density at radius 1 is 1.07 bits per heavy atom. The molecule has 1 heterocycles. The molecule has 0 aromatic heterocycles. The number of hydrogen-bond acceptors (Lipinski definition) is 5. The van der Waals surface area contributed by atoms with E-state index in [0.717, 1.165) is 25.7 Å². The zero-order chi connectivity index (χ0) is 19.4. The van der Waals surface area contributed by atoms with Crippen molar-refractivity contribution in [2.75, 3.05) is 40.4 Å². The maximum atomic E-state index is 13.1. The number of piperazine rings is 1. The second kappa shape index (κ2) is 8.35. The molecule has 0 atom stereocenters. The number of sulfonamides is 1. The van der Waals surface area contributed by atoms with Crippen LogP contribution in [0.5, 0.6) is 11.5 Å². The summed E-state index contributed by atoms with van der Waals surface area (Å²) in [4.78, 5) is 14.1. The molecule has 0 bridgehead atoms. The van der Waals surface area contributed by atoms with E-state index in [4.69, 9.17) is 9.47 Å². The predicted molar refractivity (Wildman–Crippen MR) is 101 cm³/mol. The van der Waals surface area contributed by atoms with E-state index in [2.05, 4.69) is 5.32 Å². The van der Waals surface area contributed by atoms with Gasteiger partial charge in [-0.2, -0.15) is 4.31 Å². The number of rotatable bonds is 5. The molecule has 2 aliphatic rings. The smallest absolute Gasteiger partial charge is 0.317 e. The summed E-state index contributed by atoms with van der Waals surface area (Å²) in [5.41, 5.74) is 0. The van der Waals surface area contributed by atoms with Crippen LogP contribution in [0, 0.1) is 0 Å². The molecule has 0 unspecified atom stereocenters. The minimum Gasteiger partial charge on any atom is -0.497 e. The number of urea groups is 1. The van der Waals surface area contributed by atoms with E-state index < -0.39 is 10.0 Å². The molecule has 8 nitrogen and oxygen atoms in total. The molecule has 1 saturated heterocycles. The van der Waals surface area contributed by atoms with Crippen molar-refractivity contribution in [3.8, 4) is 11.5 Å². The predicted octanol–water partition coefficient (Wildman–Crippen LogP) is 1.66. The molecule has 3 rings (SSSR count). The Hall–Kier alpha value is -2.00. The summed E-state index contributed by atoms with van der Waals surface area (Å²) in [7, 11) is -0.816. The van der Waals surface area contributed by atoms with Gasteiger partial charge in [-0.1, -0.05) is 12.8 Å². The van der Waals surface area contributed by atoms with Crippen molar-refractivity contribution >= 4 is 16.1 Å². The molecule has 9 heteroatoms. The maximum absolute atomic E-state index is 13.1. The summed E-state index contributed by atoms with van der Waals surface area (Å²) in [6, 6.07) is 4.85. The summed E-state index contributed by atoms with van der Waals surface area (Å²) in [6.45, 7) is 1.23. The molecule has 2 fully saturated rings. The average molecular weight is 397 g/mol. The van der Waals surface area contributed by atoms with Gasteiger partial charge in [0, 0.05) is 38.3 Å². The van der Waals surface area contributed by atoms with Crippen molar-refractivity contribution in [3.05, 3.63) is 18.2 Å². The first kappa shape index (κ1) is 19.8. The first-order chi connectivity index (χ1) is 13.0. The van der Waals surface area contributed by atoms with Gasteiger partial charge in [-0.05, 0) is 25.0 Å². The lowest BCUT2D eigenvalue weighted by molar-refractivity contribution is 0.169. The fourth-order valence-electron chi connectivity index (χ4n) is 3.59.